The lowest BCUT2D eigenvalue weighted by Gasteiger charge is -2.06. The van der Waals surface area contributed by atoms with Gasteiger partial charge < -0.3 is 15.8 Å². The molecule has 0 saturated carbocycles. The van der Waals surface area contributed by atoms with Gasteiger partial charge in [-0.25, -0.2) is 0 Å². The zero-order chi connectivity index (χ0) is 13.3. The Morgan fingerprint density at radius 3 is 2.94 bits per heavy atom. The highest BCUT2D eigenvalue weighted by Crippen LogP contribution is 2.24. The number of aromatic amines is 1. The third-order valence-corrected chi connectivity index (χ3v) is 3.03. The molecule has 0 aliphatic rings. The Kier molecular flexibility index (Phi) is 3.09. The summed E-state index contributed by atoms with van der Waals surface area (Å²) in [5.74, 6) is 1.57. The fourth-order valence-corrected chi connectivity index (χ4v) is 2.04. The quantitative estimate of drug-likeness (QED) is 0.712. The lowest BCUT2D eigenvalue weighted by atomic mass is 10.0. The highest BCUT2D eigenvalue weighted by Gasteiger charge is 2.17. The smallest absolute Gasteiger partial charge is 0.320 e. The van der Waals surface area contributed by atoms with Crippen LogP contribution in [0.1, 0.15) is 16.8 Å². The van der Waals surface area contributed by atoms with Crippen LogP contribution >= 0.6 is 0 Å². The van der Waals surface area contributed by atoms with Crippen LogP contribution in [-0.4, -0.2) is 22.1 Å². The van der Waals surface area contributed by atoms with Crippen LogP contribution in [0.2, 0.25) is 0 Å². The zero-order valence-electron chi connectivity index (χ0n) is 10.0. The van der Waals surface area contributed by atoms with Crippen molar-refractivity contribution in [3.8, 4) is 12.3 Å². The molecular formula is C14H14N2O2. The van der Waals surface area contributed by atoms with Crippen LogP contribution in [0.15, 0.2) is 18.2 Å². The van der Waals surface area contributed by atoms with E-state index in [1.165, 1.54) is 0 Å². The summed E-state index contributed by atoms with van der Waals surface area (Å²) in [5, 5.41) is 9.82. The van der Waals surface area contributed by atoms with E-state index in [9.17, 15) is 4.79 Å². The maximum Gasteiger partial charge on any atom is 0.320 e. The van der Waals surface area contributed by atoms with Crippen molar-refractivity contribution in [2.45, 2.75) is 19.4 Å². The Morgan fingerprint density at radius 2 is 2.33 bits per heavy atom. The van der Waals surface area contributed by atoms with E-state index in [-0.39, 0.29) is 6.42 Å². The second kappa shape index (κ2) is 4.55. The molecule has 0 saturated heterocycles. The van der Waals surface area contributed by atoms with Crippen LogP contribution in [0.25, 0.3) is 10.9 Å². The molecule has 4 N–H and O–H groups in total. The van der Waals surface area contributed by atoms with Gasteiger partial charge in [-0.3, -0.25) is 4.79 Å². The topological polar surface area (TPSA) is 79.1 Å². The number of H-pyrrole nitrogens is 1. The Hall–Kier alpha value is -2.25. The van der Waals surface area contributed by atoms with Crippen LogP contribution in [-0.2, 0) is 11.2 Å². The lowest BCUT2D eigenvalue weighted by molar-refractivity contribution is -0.138. The van der Waals surface area contributed by atoms with Crippen molar-refractivity contribution in [3.05, 3.63) is 35.0 Å². The largest absolute Gasteiger partial charge is 0.480 e. The molecule has 0 spiro atoms. The van der Waals surface area contributed by atoms with Gasteiger partial charge in [-0.1, -0.05) is 5.92 Å². The predicted molar refractivity (Wildman–Crippen MR) is 70.3 cm³/mol. The summed E-state index contributed by atoms with van der Waals surface area (Å²) in [5.41, 5.74) is 9.14. The Balaban J connectivity index is 2.52. The van der Waals surface area contributed by atoms with Gasteiger partial charge >= 0.3 is 5.97 Å². The van der Waals surface area contributed by atoms with Crippen molar-refractivity contribution in [1.29, 1.82) is 0 Å². The molecule has 0 aliphatic heterocycles. The number of fused-ring (bicyclic) bond motifs is 1. The molecule has 0 aliphatic carbocycles. The van der Waals surface area contributed by atoms with Gasteiger partial charge in [-0.05, 0) is 30.7 Å². The molecule has 0 bridgehead atoms. The molecule has 2 aromatic rings. The molecular weight excluding hydrogens is 228 g/mol. The number of aryl methyl sites for hydroxylation is 1. The van der Waals surface area contributed by atoms with Crippen LogP contribution in [0.3, 0.4) is 0 Å². The van der Waals surface area contributed by atoms with Crippen molar-refractivity contribution < 1.29 is 9.90 Å². The number of terminal acetylenes is 1. The molecule has 0 radical (unpaired) electrons. The third kappa shape index (κ3) is 2.08. The number of benzene rings is 1. The highest BCUT2D eigenvalue weighted by molar-refractivity contribution is 5.87. The fourth-order valence-electron chi connectivity index (χ4n) is 2.04. The summed E-state index contributed by atoms with van der Waals surface area (Å²) in [6.07, 6.45) is 5.66. The Morgan fingerprint density at radius 1 is 1.61 bits per heavy atom. The molecule has 1 aromatic heterocycles. The average Bonchev–Trinajstić information content (AvgIpc) is 2.65. The second-order valence-corrected chi connectivity index (χ2v) is 4.28. The van der Waals surface area contributed by atoms with E-state index in [1.807, 2.05) is 25.1 Å². The van der Waals surface area contributed by atoms with Crippen molar-refractivity contribution >= 4 is 16.9 Å². The van der Waals surface area contributed by atoms with Crippen molar-refractivity contribution in [2.24, 2.45) is 5.73 Å². The summed E-state index contributed by atoms with van der Waals surface area (Å²) < 4.78 is 0. The number of carbonyl (C=O) groups is 1. The minimum Gasteiger partial charge on any atom is -0.480 e. The van der Waals surface area contributed by atoms with E-state index in [4.69, 9.17) is 17.3 Å². The number of rotatable bonds is 3. The predicted octanol–water partition coefficient (Wildman–Crippen LogP) is 1.41. The molecule has 4 nitrogen and oxygen atoms in total. The summed E-state index contributed by atoms with van der Waals surface area (Å²) >= 11 is 0. The van der Waals surface area contributed by atoms with Crippen molar-refractivity contribution in [3.63, 3.8) is 0 Å². The number of nitrogens with two attached hydrogens (primary N) is 1. The molecule has 4 heteroatoms. The van der Waals surface area contributed by atoms with E-state index in [1.54, 1.807) is 0 Å². The minimum atomic E-state index is -1.00. The normalized spacial score (nSPS) is 12.3. The van der Waals surface area contributed by atoms with Crippen molar-refractivity contribution in [2.75, 3.05) is 0 Å². The van der Waals surface area contributed by atoms with Gasteiger partial charge in [-0.15, -0.1) is 6.42 Å². The van der Waals surface area contributed by atoms with E-state index in [0.29, 0.717) is 0 Å². The standard InChI is InChI=1S/C14H14N2O2/c1-3-9-4-5-13-11(6-9)10(8(2)16-13)7-12(15)14(17)18/h1,4-6,12,16H,7,15H2,2H3,(H,17,18). The first-order valence-corrected chi connectivity index (χ1v) is 5.59. The molecule has 92 valence electrons. The first-order chi connectivity index (χ1) is 8.52. The monoisotopic (exact) mass is 242 g/mol. The zero-order valence-corrected chi connectivity index (χ0v) is 10.0. The number of carboxylic acid groups (broad SMARTS) is 1. The first-order valence-electron chi connectivity index (χ1n) is 5.59. The second-order valence-electron chi connectivity index (χ2n) is 4.28. The van der Waals surface area contributed by atoms with Gasteiger partial charge in [0.25, 0.3) is 0 Å². The van der Waals surface area contributed by atoms with Gasteiger partial charge in [-0.2, -0.15) is 0 Å². The maximum absolute atomic E-state index is 10.8. The minimum absolute atomic E-state index is 0.287. The van der Waals surface area contributed by atoms with Crippen LogP contribution in [0, 0.1) is 19.3 Å². The lowest BCUT2D eigenvalue weighted by Crippen LogP contribution is -2.32. The molecule has 1 atom stereocenters. The Labute approximate surface area is 105 Å². The van der Waals surface area contributed by atoms with Gasteiger partial charge in [0.2, 0.25) is 0 Å². The number of carboxylic acids is 1. The van der Waals surface area contributed by atoms with Crippen LogP contribution < -0.4 is 5.73 Å². The summed E-state index contributed by atoms with van der Waals surface area (Å²) in [6, 6.07) is 4.71. The molecule has 1 aromatic carbocycles. The van der Waals surface area contributed by atoms with E-state index >= 15 is 0 Å². The van der Waals surface area contributed by atoms with Gasteiger partial charge in [0.05, 0.1) is 0 Å². The maximum atomic E-state index is 10.8. The van der Waals surface area contributed by atoms with Gasteiger partial charge in [0.15, 0.2) is 0 Å². The number of aromatic nitrogens is 1. The van der Waals surface area contributed by atoms with E-state index in [0.717, 1.165) is 27.7 Å². The number of hydrogen-bond acceptors (Lipinski definition) is 2. The summed E-state index contributed by atoms with van der Waals surface area (Å²) in [4.78, 5) is 14.0. The fraction of sp³-hybridized carbons (Fsp3) is 0.214. The molecule has 0 fully saturated rings. The van der Waals surface area contributed by atoms with E-state index in [2.05, 4.69) is 10.9 Å². The first kappa shape index (κ1) is 12.2. The van der Waals surface area contributed by atoms with Gasteiger partial charge in [0, 0.05) is 28.6 Å². The molecule has 18 heavy (non-hydrogen) atoms. The van der Waals surface area contributed by atoms with E-state index < -0.39 is 12.0 Å². The van der Waals surface area contributed by atoms with Crippen molar-refractivity contribution in [1.82, 2.24) is 4.98 Å². The third-order valence-electron chi connectivity index (χ3n) is 3.03. The van der Waals surface area contributed by atoms with Crippen LogP contribution in [0.4, 0.5) is 0 Å². The molecule has 2 rings (SSSR count). The van der Waals surface area contributed by atoms with Crippen LogP contribution in [0.5, 0.6) is 0 Å². The number of hydrogen-bond donors (Lipinski definition) is 3. The van der Waals surface area contributed by atoms with Gasteiger partial charge in [0.1, 0.15) is 6.04 Å². The number of nitrogens with one attached hydrogen (secondary N) is 1. The Bertz CT molecular complexity index is 650. The molecule has 1 unspecified atom stereocenters. The molecule has 1 heterocycles. The summed E-state index contributed by atoms with van der Waals surface area (Å²) in [6.45, 7) is 1.90. The average molecular weight is 242 g/mol. The molecule has 0 amide bonds. The highest BCUT2D eigenvalue weighted by atomic mass is 16.4. The summed E-state index contributed by atoms with van der Waals surface area (Å²) in [7, 11) is 0. The number of aliphatic carboxylic acids is 1. The SMILES string of the molecule is C#Cc1ccc2[nH]c(C)c(CC(N)C(=O)O)c2c1.